The number of halogens is 2. The Morgan fingerprint density at radius 3 is 2.78 bits per heavy atom. The molecule has 0 bridgehead atoms. The largest absolute Gasteiger partial charge is 0.496 e. The maximum Gasteiger partial charge on any atom is 0.253 e. The Morgan fingerprint density at radius 1 is 1.25 bits per heavy atom. The summed E-state index contributed by atoms with van der Waals surface area (Å²) in [6, 6.07) is 10.9. The van der Waals surface area contributed by atoms with Gasteiger partial charge in [-0.15, -0.1) is 11.3 Å². The summed E-state index contributed by atoms with van der Waals surface area (Å²) in [5, 5.41) is 5.56. The Kier molecular flexibility index (Phi) is 6.72. The highest BCUT2D eigenvalue weighted by atomic mass is 35.5. The van der Waals surface area contributed by atoms with Crippen LogP contribution in [0.3, 0.4) is 0 Å². The van der Waals surface area contributed by atoms with Crippen LogP contribution in [0.25, 0.3) is 11.3 Å². The second-order valence-corrected chi connectivity index (χ2v) is 8.76. The molecule has 0 radical (unpaired) electrons. The lowest BCUT2D eigenvalue weighted by molar-refractivity contribution is -0.121. The third-order valence-corrected chi connectivity index (χ3v) is 6.35. The Morgan fingerprint density at radius 2 is 2.03 bits per heavy atom. The van der Waals surface area contributed by atoms with E-state index in [0.29, 0.717) is 52.2 Å². The van der Waals surface area contributed by atoms with Gasteiger partial charge in [0.15, 0.2) is 5.13 Å². The van der Waals surface area contributed by atoms with Crippen LogP contribution in [0, 0.1) is 11.7 Å². The van der Waals surface area contributed by atoms with Crippen LogP contribution in [0.5, 0.6) is 5.75 Å². The predicted octanol–water partition coefficient (Wildman–Crippen LogP) is 5.10. The molecule has 32 heavy (non-hydrogen) atoms. The van der Waals surface area contributed by atoms with Crippen molar-refractivity contribution in [1.82, 2.24) is 9.88 Å². The summed E-state index contributed by atoms with van der Waals surface area (Å²) in [6.07, 6.45) is 1.42. The number of amides is 2. The van der Waals surface area contributed by atoms with Gasteiger partial charge in [0, 0.05) is 34.6 Å². The van der Waals surface area contributed by atoms with Gasteiger partial charge in [0.1, 0.15) is 11.6 Å². The van der Waals surface area contributed by atoms with Crippen LogP contribution in [-0.2, 0) is 4.79 Å². The molecule has 1 aliphatic heterocycles. The average molecular weight is 474 g/mol. The maximum atomic E-state index is 13.7. The van der Waals surface area contributed by atoms with Crippen molar-refractivity contribution in [2.75, 3.05) is 25.5 Å². The van der Waals surface area contributed by atoms with Gasteiger partial charge in [0.05, 0.1) is 18.7 Å². The number of ether oxygens (including phenoxy) is 1. The van der Waals surface area contributed by atoms with Crippen LogP contribution in [0.15, 0.2) is 47.8 Å². The molecule has 1 aromatic heterocycles. The lowest BCUT2D eigenvalue weighted by Gasteiger charge is -2.32. The monoisotopic (exact) mass is 473 g/mol. The smallest absolute Gasteiger partial charge is 0.253 e. The molecule has 0 aliphatic carbocycles. The van der Waals surface area contributed by atoms with E-state index in [-0.39, 0.29) is 17.7 Å². The lowest BCUT2D eigenvalue weighted by Crippen LogP contribution is -2.43. The Labute approximate surface area is 194 Å². The zero-order valence-corrected chi connectivity index (χ0v) is 18.9. The molecule has 3 aromatic rings. The topological polar surface area (TPSA) is 71.5 Å². The number of aromatic nitrogens is 1. The second kappa shape index (κ2) is 9.67. The molecule has 2 heterocycles. The summed E-state index contributed by atoms with van der Waals surface area (Å²) in [5.41, 5.74) is 1.58. The van der Waals surface area contributed by atoms with Crippen LogP contribution >= 0.6 is 22.9 Å². The number of methoxy groups -OCH3 is 1. The molecule has 6 nitrogen and oxygen atoms in total. The summed E-state index contributed by atoms with van der Waals surface area (Å²) in [5.74, 6) is -0.541. The number of benzene rings is 2. The van der Waals surface area contributed by atoms with Crippen molar-refractivity contribution in [3.8, 4) is 17.0 Å². The summed E-state index contributed by atoms with van der Waals surface area (Å²) < 4.78 is 19.0. The molecule has 2 aromatic carbocycles. The van der Waals surface area contributed by atoms with Crippen molar-refractivity contribution in [3.05, 3.63) is 64.2 Å². The van der Waals surface area contributed by atoms with Gasteiger partial charge in [0.25, 0.3) is 5.91 Å². The number of carbonyl (C=O) groups excluding carboxylic acids is 2. The second-order valence-electron chi connectivity index (χ2n) is 7.47. The highest BCUT2D eigenvalue weighted by Crippen LogP contribution is 2.33. The SMILES string of the molecule is COc1ccc(F)cc1-c1csc(NC(=O)C2CCCN(C(=O)c3ccc(Cl)cc3)C2)n1. The zero-order valence-electron chi connectivity index (χ0n) is 17.3. The van der Waals surface area contributed by atoms with Crippen LogP contribution in [0.1, 0.15) is 23.2 Å². The van der Waals surface area contributed by atoms with Crippen LogP contribution in [0.2, 0.25) is 5.02 Å². The van der Waals surface area contributed by atoms with Crippen molar-refractivity contribution in [3.63, 3.8) is 0 Å². The van der Waals surface area contributed by atoms with E-state index in [0.717, 1.165) is 6.42 Å². The van der Waals surface area contributed by atoms with Gasteiger partial charge < -0.3 is 15.0 Å². The standard InChI is InChI=1S/C23H21ClFN3O3S/c1-31-20-9-8-17(25)11-18(20)19-13-32-23(26-19)27-21(29)15-3-2-10-28(12-15)22(30)14-4-6-16(24)7-5-14/h4-9,11,13,15H,2-3,10,12H2,1H3,(H,26,27,29). The number of rotatable bonds is 5. The molecule has 9 heteroatoms. The number of carbonyl (C=O) groups is 2. The average Bonchev–Trinajstić information content (AvgIpc) is 3.27. The molecule has 0 spiro atoms. The van der Waals surface area contributed by atoms with E-state index < -0.39 is 5.82 Å². The molecule has 1 unspecified atom stereocenters. The Hall–Kier alpha value is -2.97. The molecular weight excluding hydrogens is 453 g/mol. The number of hydrogen-bond donors (Lipinski definition) is 1. The minimum absolute atomic E-state index is 0.117. The molecule has 1 aliphatic rings. The van der Waals surface area contributed by atoms with Gasteiger partial charge in [-0.25, -0.2) is 9.37 Å². The minimum atomic E-state index is -0.396. The minimum Gasteiger partial charge on any atom is -0.496 e. The fourth-order valence-corrected chi connectivity index (χ4v) is 4.53. The highest BCUT2D eigenvalue weighted by molar-refractivity contribution is 7.14. The number of likely N-dealkylation sites (tertiary alicyclic amines) is 1. The van der Waals surface area contributed by atoms with Gasteiger partial charge in [0.2, 0.25) is 5.91 Å². The summed E-state index contributed by atoms with van der Waals surface area (Å²) in [7, 11) is 1.51. The van der Waals surface area contributed by atoms with E-state index in [4.69, 9.17) is 16.3 Å². The number of nitrogens with zero attached hydrogens (tertiary/aromatic N) is 2. The van der Waals surface area contributed by atoms with Crippen molar-refractivity contribution in [2.24, 2.45) is 5.92 Å². The number of piperidine rings is 1. The van der Waals surface area contributed by atoms with E-state index in [1.54, 1.807) is 34.5 Å². The molecule has 2 amide bonds. The first-order chi connectivity index (χ1) is 15.4. The van der Waals surface area contributed by atoms with Crippen molar-refractivity contribution in [1.29, 1.82) is 0 Å². The highest BCUT2D eigenvalue weighted by Gasteiger charge is 2.29. The molecule has 0 saturated carbocycles. The van der Waals surface area contributed by atoms with E-state index in [9.17, 15) is 14.0 Å². The van der Waals surface area contributed by atoms with Gasteiger partial charge in [-0.2, -0.15) is 0 Å². The third-order valence-electron chi connectivity index (χ3n) is 5.34. The first-order valence-corrected chi connectivity index (χ1v) is 11.4. The first kappa shape index (κ1) is 22.2. The van der Waals surface area contributed by atoms with Gasteiger partial charge in [-0.1, -0.05) is 11.6 Å². The fraction of sp³-hybridized carbons (Fsp3) is 0.261. The molecule has 4 rings (SSSR count). The van der Waals surface area contributed by atoms with Crippen LogP contribution in [0.4, 0.5) is 9.52 Å². The molecular formula is C23H21ClFN3O3S. The van der Waals surface area contributed by atoms with Crippen LogP contribution < -0.4 is 10.1 Å². The first-order valence-electron chi connectivity index (χ1n) is 10.1. The molecule has 1 saturated heterocycles. The number of anilines is 1. The molecule has 1 atom stereocenters. The van der Waals surface area contributed by atoms with Gasteiger partial charge in [-0.05, 0) is 55.3 Å². The summed E-state index contributed by atoms with van der Waals surface area (Å²) in [6.45, 7) is 0.940. The van der Waals surface area contributed by atoms with Crippen LogP contribution in [-0.4, -0.2) is 41.9 Å². The van der Waals surface area contributed by atoms with E-state index in [1.807, 2.05) is 0 Å². The third kappa shape index (κ3) is 4.92. The zero-order chi connectivity index (χ0) is 22.7. The van der Waals surface area contributed by atoms with Gasteiger partial charge >= 0.3 is 0 Å². The fourth-order valence-electron chi connectivity index (χ4n) is 3.69. The Balaban J connectivity index is 1.43. The van der Waals surface area contributed by atoms with E-state index >= 15 is 0 Å². The molecule has 1 fully saturated rings. The number of hydrogen-bond acceptors (Lipinski definition) is 5. The number of thiazole rings is 1. The molecule has 1 N–H and O–H groups in total. The maximum absolute atomic E-state index is 13.7. The van der Waals surface area contributed by atoms with Crippen molar-refractivity contribution >= 4 is 39.9 Å². The quantitative estimate of drug-likeness (QED) is 0.559. The van der Waals surface area contributed by atoms with Crippen molar-refractivity contribution in [2.45, 2.75) is 12.8 Å². The normalized spacial score (nSPS) is 16.0. The Bertz CT molecular complexity index is 1140. The predicted molar refractivity (Wildman–Crippen MR) is 123 cm³/mol. The van der Waals surface area contributed by atoms with Gasteiger partial charge in [-0.3, -0.25) is 9.59 Å². The van der Waals surface area contributed by atoms with E-state index in [2.05, 4.69) is 10.3 Å². The van der Waals surface area contributed by atoms with Crippen molar-refractivity contribution < 1.29 is 18.7 Å². The summed E-state index contributed by atoms with van der Waals surface area (Å²) in [4.78, 5) is 31.8. The van der Waals surface area contributed by atoms with E-state index in [1.165, 1.54) is 36.6 Å². The molecule has 166 valence electrons. The number of nitrogens with one attached hydrogen (secondary N) is 1. The summed E-state index contributed by atoms with van der Waals surface area (Å²) >= 11 is 7.15. The lowest BCUT2D eigenvalue weighted by atomic mass is 9.96.